The van der Waals surface area contributed by atoms with Gasteiger partial charge in [0.2, 0.25) is 0 Å². The minimum Gasteiger partial charge on any atom is -0.481 e. The molecule has 1 aromatic carbocycles. The van der Waals surface area contributed by atoms with Crippen LogP contribution in [0.5, 0.6) is 0 Å². The van der Waals surface area contributed by atoms with Gasteiger partial charge >= 0.3 is 5.97 Å². The molecule has 1 amide bonds. The molecule has 126 valence electrons. The number of aliphatic carboxylic acids is 1. The van der Waals surface area contributed by atoms with Gasteiger partial charge in [0.05, 0.1) is 17.0 Å². The van der Waals surface area contributed by atoms with E-state index in [4.69, 9.17) is 0 Å². The van der Waals surface area contributed by atoms with E-state index in [1.54, 1.807) is 4.90 Å². The Morgan fingerprint density at radius 1 is 1.29 bits per heavy atom. The van der Waals surface area contributed by atoms with Crippen LogP contribution >= 0.6 is 0 Å². The molecule has 2 heterocycles. The van der Waals surface area contributed by atoms with Crippen molar-refractivity contribution in [2.24, 2.45) is 5.92 Å². The fraction of sp³-hybridized carbons (Fsp3) is 0.421. The van der Waals surface area contributed by atoms with Crippen LogP contribution in [-0.4, -0.2) is 40.0 Å². The quantitative estimate of drug-likeness (QED) is 0.939. The Balaban J connectivity index is 2.01. The molecule has 5 heteroatoms. The van der Waals surface area contributed by atoms with Crippen molar-refractivity contribution < 1.29 is 14.7 Å². The normalized spacial score (nSPS) is 18.1. The Hall–Kier alpha value is -2.43. The van der Waals surface area contributed by atoms with Gasteiger partial charge in [0.15, 0.2) is 0 Å². The topological polar surface area (TPSA) is 70.5 Å². The Morgan fingerprint density at radius 2 is 2.04 bits per heavy atom. The predicted octanol–water partition coefficient (Wildman–Crippen LogP) is 3.30. The van der Waals surface area contributed by atoms with Gasteiger partial charge in [0.1, 0.15) is 0 Å². The van der Waals surface area contributed by atoms with Crippen LogP contribution in [0, 0.1) is 5.92 Å². The zero-order chi connectivity index (χ0) is 17.3. The van der Waals surface area contributed by atoms with E-state index in [1.165, 1.54) is 0 Å². The number of pyridine rings is 1. The third-order valence-electron chi connectivity index (χ3n) is 4.62. The molecule has 1 aliphatic heterocycles. The summed E-state index contributed by atoms with van der Waals surface area (Å²) in [6.07, 6.45) is 1.36. The first-order valence-corrected chi connectivity index (χ1v) is 8.39. The molecule has 1 saturated heterocycles. The number of amides is 1. The van der Waals surface area contributed by atoms with Crippen LogP contribution in [-0.2, 0) is 4.79 Å². The molecule has 0 bridgehead atoms. The van der Waals surface area contributed by atoms with E-state index in [0.29, 0.717) is 18.5 Å². The van der Waals surface area contributed by atoms with Crippen molar-refractivity contribution in [2.45, 2.75) is 32.6 Å². The molecule has 1 atom stereocenters. The maximum Gasteiger partial charge on any atom is 0.308 e. The minimum absolute atomic E-state index is 0.0959. The average Bonchev–Trinajstić information content (AvgIpc) is 2.60. The van der Waals surface area contributed by atoms with Gasteiger partial charge < -0.3 is 10.0 Å². The second-order valence-corrected chi connectivity index (χ2v) is 6.70. The molecule has 1 aliphatic rings. The average molecular weight is 326 g/mol. The van der Waals surface area contributed by atoms with Gasteiger partial charge in [-0.15, -0.1) is 0 Å². The van der Waals surface area contributed by atoms with Crippen LogP contribution < -0.4 is 0 Å². The maximum absolute atomic E-state index is 13.1. The highest BCUT2D eigenvalue weighted by atomic mass is 16.4. The summed E-state index contributed by atoms with van der Waals surface area (Å²) in [5, 5.41) is 10.1. The highest BCUT2D eigenvalue weighted by molar-refractivity contribution is 6.06. The number of carboxylic acids is 1. The van der Waals surface area contributed by atoms with Crippen molar-refractivity contribution in [3.05, 3.63) is 41.6 Å². The first-order chi connectivity index (χ1) is 11.5. The minimum atomic E-state index is -0.824. The molecule has 1 N–H and O–H groups in total. The van der Waals surface area contributed by atoms with Crippen LogP contribution in [0.4, 0.5) is 0 Å². The number of para-hydroxylation sites is 1. The molecule has 0 unspecified atom stereocenters. The molecule has 3 rings (SSSR count). The lowest BCUT2D eigenvalue weighted by atomic mass is 9.96. The standard InChI is InChI=1S/C19H22N2O3/c1-12(2)17-10-15(14-7-3-4-8-16(14)20-17)18(22)21-9-5-6-13(11-21)19(23)24/h3-4,7-8,10,12-13H,5-6,9,11H2,1-2H3,(H,23,24)/t13-/m1/s1. The number of hydrogen-bond acceptors (Lipinski definition) is 3. The SMILES string of the molecule is CC(C)c1cc(C(=O)N2CCC[C@@H](C(=O)O)C2)c2ccccc2n1. The Morgan fingerprint density at radius 3 is 2.75 bits per heavy atom. The smallest absolute Gasteiger partial charge is 0.308 e. The van der Waals surface area contributed by atoms with Crippen molar-refractivity contribution in [3.8, 4) is 0 Å². The van der Waals surface area contributed by atoms with Gasteiger partial charge in [-0.2, -0.15) is 0 Å². The van der Waals surface area contributed by atoms with Gasteiger partial charge in [-0.05, 0) is 30.9 Å². The summed E-state index contributed by atoms with van der Waals surface area (Å²) < 4.78 is 0. The van der Waals surface area contributed by atoms with Gasteiger partial charge in [-0.3, -0.25) is 14.6 Å². The van der Waals surface area contributed by atoms with Gasteiger partial charge in [-0.25, -0.2) is 0 Å². The second-order valence-electron chi connectivity index (χ2n) is 6.70. The first kappa shape index (κ1) is 16.4. The van der Waals surface area contributed by atoms with E-state index in [0.717, 1.165) is 23.0 Å². The molecular formula is C19H22N2O3. The summed E-state index contributed by atoms with van der Waals surface area (Å²) in [4.78, 5) is 30.6. The van der Waals surface area contributed by atoms with Gasteiger partial charge in [0, 0.05) is 24.2 Å². The Kier molecular flexibility index (Phi) is 4.51. The number of hydrogen-bond donors (Lipinski definition) is 1. The molecular weight excluding hydrogens is 304 g/mol. The highest BCUT2D eigenvalue weighted by Gasteiger charge is 2.29. The molecule has 0 aliphatic carbocycles. The lowest BCUT2D eigenvalue weighted by Gasteiger charge is -2.31. The number of rotatable bonds is 3. The Labute approximate surface area is 141 Å². The molecule has 1 fully saturated rings. The zero-order valence-corrected chi connectivity index (χ0v) is 14.0. The number of aromatic nitrogens is 1. The third kappa shape index (κ3) is 3.11. The number of benzene rings is 1. The zero-order valence-electron chi connectivity index (χ0n) is 14.0. The van der Waals surface area contributed by atoms with E-state index >= 15 is 0 Å². The molecule has 0 radical (unpaired) electrons. The third-order valence-corrected chi connectivity index (χ3v) is 4.62. The van der Waals surface area contributed by atoms with E-state index in [-0.39, 0.29) is 18.4 Å². The van der Waals surface area contributed by atoms with Crippen LogP contribution in [0.1, 0.15) is 48.7 Å². The number of carbonyl (C=O) groups is 2. The van der Waals surface area contributed by atoms with Crippen LogP contribution in [0.2, 0.25) is 0 Å². The van der Waals surface area contributed by atoms with E-state index in [2.05, 4.69) is 4.98 Å². The summed E-state index contributed by atoms with van der Waals surface area (Å²) in [6.45, 7) is 4.98. The molecule has 0 spiro atoms. The van der Waals surface area contributed by atoms with Gasteiger partial charge in [-0.1, -0.05) is 32.0 Å². The predicted molar refractivity (Wildman–Crippen MR) is 92.1 cm³/mol. The van der Waals surface area contributed by atoms with Crippen LogP contribution in [0.3, 0.4) is 0 Å². The summed E-state index contributed by atoms with van der Waals surface area (Å²) >= 11 is 0. The van der Waals surface area contributed by atoms with Crippen molar-refractivity contribution in [1.82, 2.24) is 9.88 Å². The molecule has 2 aromatic rings. The van der Waals surface area contributed by atoms with Crippen LogP contribution in [0.25, 0.3) is 10.9 Å². The molecule has 1 aromatic heterocycles. The first-order valence-electron chi connectivity index (χ1n) is 8.39. The number of carbonyl (C=O) groups excluding carboxylic acids is 1. The summed E-state index contributed by atoms with van der Waals surface area (Å²) in [5.41, 5.74) is 2.30. The second kappa shape index (κ2) is 6.59. The van der Waals surface area contributed by atoms with E-state index < -0.39 is 11.9 Å². The van der Waals surface area contributed by atoms with Crippen molar-refractivity contribution >= 4 is 22.8 Å². The largest absolute Gasteiger partial charge is 0.481 e. The molecule has 5 nitrogen and oxygen atoms in total. The summed E-state index contributed by atoms with van der Waals surface area (Å²) in [5.74, 6) is -1.17. The summed E-state index contributed by atoms with van der Waals surface area (Å²) in [7, 11) is 0. The molecule has 24 heavy (non-hydrogen) atoms. The Bertz CT molecular complexity index is 785. The summed E-state index contributed by atoms with van der Waals surface area (Å²) in [6, 6.07) is 9.48. The number of likely N-dealkylation sites (tertiary alicyclic amines) is 1. The van der Waals surface area contributed by atoms with E-state index in [9.17, 15) is 14.7 Å². The monoisotopic (exact) mass is 326 g/mol. The number of piperidine rings is 1. The fourth-order valence-corrected chi connectivity index (χ4v) is 3.20. The van der Waals surface area contributed by atoms with Crippen molar-refractivity contribution in [2.75, 3.05) is 13.1 Å². The van der Waals surface area contributed by atoms with Gasteiger partial charge in [0.25, 0.3) is 5.91 Å². The fourth-order valence-electron chi connectivity index (χ4n) is 3.20. The highest BCUT2D eigenvalue weighted by Crippen LogP contribution is 2.25. The maximum atomic E-state index is 13.1. The number of nitrogens with zero attached hydrogens (tertiary/aromatic N) is 2. The van der Waals surface area contributed by atoms with Crippen molar-refractivity contribution in [3.63, 3.8) is 0 Å². The lowest BCUT2D eigenvalue weighted by molar-refractivity contribution is -0.143. The number of fused-ring (bicyclic) bond motifs is 1. The van der Waals surface area contributed by atoms with Crippen LogP contribution in [0.15, 0.2) is 30.3 Å². The van der Waals surface area contributed by atoms with Crippen molar-refractivity contribution in [1.29, 1.82) is 0 Å². The lowest BCUT2D eigenvalue weighted by Crippen LogP contribution is -2.42. The number of carboxylic acid groups (broad SMARTS) is 1. The van der Waals surface area contributed by atoms with E-state index in [1.807, 2.05) is 44.2 Å². The molecule has 0 saturated carbocycles.